The quantitative estimate of drug-likeness (QED) is 0.621. The van der Waals surface area contributed by atoms with Gasteiger partial charge in [0.25, 0.3) is 0 Å². The van der Waals surface area contributed by atoms with E-state index < -0.39 is 4.92 Å². The summed E-state index contributed by atoms with van der Waals surface area (Å²) in [5, 5.41) is 14.6. The molecule has 2 rings (SSSR count). The second-order valence-electron chi connectivity index (χ2n) is 5.94. The maximum Gasteiger partial charge on any atom is 0.338 e. The zero-order valence-electron chi connectivity index (χ0n) is 12.6. The first-order chi connectivity index (χ1) is 9.79. The zero-order valence-corrected chi connectivity index (χ0v) is 12.6. The highest BCUT2D eigenvalue weighted by Gasteiger charge is 2.21. The first-order valence-electron chi connectivity index (χ1n) is 6.68. The molecule has 0 fully saturated rings. The van der Waals surface area contributed by atoms with Crippen molar-refractivity contribution in [3.05, 3.63) is 57.0 Å². The van der Waals surface area contributed by atoms with E-state index in [1.807, 2.05) is 12.1 Å². The zero-order chi connectivity index (χ0) is 15.6. The second kappa shape index (κ2) is 5.52. The molecule has 0 N–H and O–H groups in total. The normalized spacial score (nSPS) is 12.0. The summed E-state index contributed by atoms with van der Waals surface area (Å²) in [5.41, 5.74) is 2.44. The van der Waals surface area contributed by atoms with Gasteiger partial charge in [-0.15, -0.1) is 0 Å². The van der Waals surface area contributed by atoms with Crippen molar-refractivity contribution >= 4 is 17.8 Å². The van der Waals surface area contributed by atoms with Crippen LogP contribution in [0.3, 0.4) is 0 Å². The van der Waals surface area contributed by atoms with Crippen molar-refractivity contribution in [1.82, 2.24) is 5.16 Å². The second-order valence-corrected chi connectivity index (χ2v) is 5.94. The molecule has 0 spiro atoms. The fraction of sp³-hybridized carbons (Fsp3) is 0.312. The third kappa shape index (κ3) is 3.37. The summed E-state index contributed by atoms with van der Waals surface area (Å²) < 4.78 is 4.87. The summed E-state index contributed by atoms with van der Waals surface area (Å²) in [6.45, 7) is 7.98. The predicted molar refractivity (Wildman–Crippen MR) is 82.0 cm³/mol. The van der Waals surface area contributed by atoms with E-state index in [1.54, 1.807) is 12.2 Å². The van der Waals surface area contributed by atoms with Crippen molar-refractivity contribution in [2.75, 3.05) is 0 Å². The van der Waals surface area contributed by atoms with E-state index in [9.17, 15) is 10.1 Å². The third-order valence-electron chi connectivity index (χ3n) is 3.25. The molecule has 0 amide bonds. The van der Waals surface area contributed by atoms with Crippen LogP contribution in [0.2, 0.25) is 0 Å². The first kappa shape index (κ1) is 15.0. The summed E-state index contributed by atoms with van der Waals surface area (Å²) in [4.78, 5) is 10.5. The Morgan fingerprint density at radius 1 is 1.19 bits per heavy atom. The molecule has 0 saturated carbocycles. The number of nitrogens with zero attached hydrogens (tertiary/aromatic N) is 2. The van der Waals surface area contributed by atoms with Crippen LogP contribution in [0.25, 0.3) is 12.2 Å². The van der Waals surface area contributed by atoms with E-state index in [4.69, 9.17) is 4.52 Å². The van der Waals surface area contributed by atoms with Gasteiger partial charge < -0.3 is 4.52 Å². The summed E-state index contributed by atoms with van der Waals surface area (Å²) in [6, 6.07) is 8.08. The fourth-order valence-electron chi connectivity index (χ4n) is 1.99. The lowest BCUT2D eigenvalue weighted by Gasteiger charge is -2.18. The molecule has 0 aliphatic rings. The number of hydrogen-bond donors (Lipinski definition) is 0. The molecular weight excluding hydrogens is 268 g/mol. The maximum absolute atomic E-state index is 10.9. The average Bonchev–Trinajstić information content (AvgIpc) is 2.77. The monoisotopic (exact) mass is 286 g/mol. The standard InChI is InChI=1S/C16H18N2O3/c1-11-15(18(19)20)14(17-21-11)10-7-12-5-8-13(9-6-12)16(2,3)4/h5-10H,1-4H3/b10-7+. The van der Waals surface area contributed by atoms with E-state index in [0.717, 1.165) is 5.56 Å². The van der Waals surface area contributed by atoms with E-state index in [2.05, 4.69) is 38.1 Å². The molecule has 0 radical (unpaired) electrons. The lowest BCUT2D eigenvalue weighted by Crippen LogP contribution is -2.10. The molecule has 0 saturated heterocycles. The van der Waals surface area contributed by atoms with E-state index in [-0.39, 0.29) is 22.6 Å². The number of hydrogen-bond acceptors (Lipinski definition) is 4. The molecule has 2 aromatic rings. The van der Waals surface area contributed by atoms with Crippen molar-refractivity contribution < 1.29 is 9.45 Å². The number of benzene rings is 1. The Morgan fingerprint density at radius 3 is 2.33 bits per heavy atom. The van der Waals surface area contributed by atoms with Crippen molar-refractivity contribution in [2.24, 2.45) is 0 Å². The van der Waals surface area contributed by atoms with Gasteiger partial charge in [0.1, 0.15) is 0 Å². The molecule has 0 bridgehead atoms. The Labute approximate surface area is 123 Å². The van der Waals surface area contributed by atoms with Gasteiger partial charge in [0.2, 0.25) is 5.76 Å². The van der Waals surface area contributed by atoms with Crippen molar-refractivity contribution in [2.45, 2.75) is 33.1 Å². The molecular formula is C16H18N2O3. The van der Waals surface area contributed by atoms with Gasteiger partial charge in [0.05, 0.1) is 4.92 Å². The lowest BCUT2D eigenvalue weighted by atomic mass is 9.87. The minimum Gasteiger partial charge on any atom is -0.354 e. The summed E-state index contributed by atoms with van der Waals surface area (Å²) >= 11 is 0. The van der Waals surface area contributed by atoms with Crippen LogP contribution < -0.4 is 0 Å². The molecule has 0 aliphatic carbocycles. The summed E-state index contributed by atoms with van der Waals surface area (Å²) in [6.07, 6.45) is 3.39. The summed E-state index contributed by atoms with van der Waals surface area (Å²) in [7, 11) is 0. The molecule has 1 heterocycles. The SMILES string of the molecule is Cc1onc(/C=C/c2ccc(C(C)(C)C)cc2)c1[N+](=O)[O-]. The Hall–Kier alpha value is -2.43. The maximum atomic E-state index is 10.9. The van der Waals surface area contributed by atoms with Gasteiger partial charge in [-0.25, -0.2) is 0 Å². The minimum absolute atomic E-state index is 0.0856. The van der Waals surface area contributed by atoms with Gasteiger partial charge >= 0.3 is 5.69 Å². The van der Waals surface area contributed by atoms with Crippen LogP contribution in [0, 0.1) is 17.0 Å². The van der Waals surface area contributed by atoms with Crippen molar-refractivity contribution in [3.8, 4) is 0 Å². The molecule has 110 valence electrons. The van der Waals surface area contributed by atoms with Crippen LogP contribution in [0.5, 0.6) is 0 Å². The summed E-state index contributed by atoms with van der Waals surface area (Å²) in [5.74, 6) is 0.211. The Balaban J connectivity index is 2.24. The lowest BCUT2D eigenvalue weighted by molar-refractivity contribution is -0.386. The fourth-order valence-corrected chi connectivity index (χ4v) is 1.99. The molecule has 1 aromatic heterocycles. The molecule has 5 nitrogen and oxygen atoms in total. The van der Waals surface area contributed by atoms with E-state index >= 15 is 0 Å². The third-order valence-corrected chi connectivity index (χ3v) is 3.25. The van der Waals surface area contributed by atoms with Crippen LogP contribution in [-0.4, -0.2) is 10.1 Å². The highest BCUT2D eigenvalue weighted by Crippen LogP contribution is 2.25. The Kier molecular flexibility index (Phi) is 3.93. The average molecular weight is 286 g/mol. The van der Waals surface area contributed by atoms with Gasteiger partial charge in [-0.3, -0.25) is 10.1 Å². The number of nitro groups is 1. The Morgan fingerprint density at radius 2 is 1.81 bits per heavy atom. The number of aryl methyl sites for hydroxylation is 1. The molecule has 0 aliphatic heterocycles. The smallest absolute Gasteiger partial charge is 0.338 e. The van der Waals surface area contributed by atoms with Crippen LogP contribution in [-0.2, 0) is 5.41 Å². The van der Waals surface area contributed by atoms with Crippen molar-refractivity contribution in [1.29, 1.82) is 0 Å². The molecule has 5 heteroatoms. The van der Waals surface area contributed by atoms with Crippen LogP contribution in [0.4, 0.5) is 5.69 Å². The topological polar surface area (TPSA) is 69.2 Å². The largest absolute Gasteiger partial charge is 0.354 e. The van der Waals surface area contributed by atoms with Gasteiger partial charge in [-0.2, -0.15) is 0 Å². The van der Waals surface area contributed by atoms with Gasteiger partial charge in [-0.05, 0) is 22.6 Å². The highest BCUT2D eigenvalue weighted by molar-refractivity contribution is 5.72. The molecule has 21 heavy (non-hydrogen) atoms. The van der Waals surface area contributed by atoms with Crippen LogP contribution in [0.15, 0.2) is 28.8 Å². The molecule has 0 unspecified atom stereocenters. The van der Waals surface area contributed by atoms with E-state index in [1.165, 1.54) is 12.5 Å². The predicted octanol–water partition coefficient (Wildman–Crippen LogP) is 4.36. The number of rotatable bonds is 3. The van der Waals surface area contributed by atoms with Gasteiger partial charge in [0, 0.05) is 6.92 Å². The van der Waals surface area contributed by atoms with Crippen LogP contribution in [0.1, 0.15) is 43.4 Å². The van der Waals surface area contributed by atoms with Gasteiger partial charge in [0.15, 0.2) is 5.69 Å². The van der Waals surface area contributed by atoms with Gasteiger partial charge in [-0.1, -0.05) is 56.3 Å². The minimum atomic E-state index is -0.478. The highest BCUT2D eigenvalue weighted by atomic mass is 16.6. The first-order valence-corrected chi connectivity index (χ1v) is 6.68. The molecule has 0 atom stereocenters. The Bertz CT molecular complexity index is 677. The van der Waals surface area contributed by atoms with E-state index in [0.29, 0.717) is 0 Å². The number of aromatic nitrogens is 1. The van der Waals surface area contributed by atoms with Crippen molar-refractivity contribution in [3.63, 3.8) is 0 Å². The molecule has 1 aromatic carbocycles. The van der Waals surface area contributed by atoms with Crippen LogP contribution >= 0.6 is 0 Å².